The highest BCUT2D eigenvalue weighted by atomic mass is 16.6. The Morgan fingerprint density at radius 2 is 1.88 bits per heavy atom. The molecule has 4 saturated carbocycles. The Bertz CT molecular complexity index is 393. The van der Waals surface area contributed by atoms with Crippen molar-refractivity contribution in [2.45, 2.75) is 44.6 Å². The van der Waals surface area contributed by atoms with E-state index in [4.69, 9.17) is 4.74 Å². The van der Waals surface area contributed by atoms with Crippen LogP contribution in [-0.4, -0.2) is 11.6 Å². The molecule has 0 heterocycles. The van der Waals surface area contributed by atoms with Crippen LogP contribution in [0.3, 0.4) is 0 Å². The van der Waals surface area contributed by atoms with Crippen LogP contribution >= 0.6 is 0 Å². The molecule has 0 aromatic rings. The monoisotopic (exact) mass is 232 g/mol. The maximum absolute atomic E-state index is 11.8. The molecule has 17 heavy (non-hydrogen) atoms. The summed E-state index contributed by atoms with van der Waals surface area (Å²) in [4.78, 5) is 11.8. The molecule has 0 aromatic carbocycles. The molecule has 4 aliphatic rings. The van der Waals surface area contributed by atoms with Gasteiger partial charge in [0.15, 0.2) is 0 Å². The first-order valence-corrected chi connectivity index (χ1v) is 6.58. The Morgan fingerprint density at radius 1 is 1.29 bits per heavy atom. The summed E-state index contributed by atoms with van der Waals surface area (Å²) < 4.78 is 5.79. The van der Waals surface area contributed by atoms with Crippen molar-refractivity contribution in [2.24, 2.45) is 17.8 Å². The van der Waals surface area contributed by atoms with Crippen molar-refractivity contribution in [3.8, 4) is 0 Å². The van der Waals surface area contributed by atoms with Crippen molar-refractivity contribution in [2.75, 3.05) is 0 Å². The molecule has 2 atom stereocenters. The molecule has 4 rings (SSSR count). The van der Waals surface area contributed by atoms with Gasteiger partial charge >= 0.3 is 5.97 Å². The number of hydrogen-bond donors (Lipinski definition) is 0. The van der Waals surface area contributed by atoms with E-state index in [0.717, 1.165) is 24.7 Å². The largest absolute Gasteiger partial charge is 0.451 e. The number of ether oxygens (including phenoxy) is 1. The third-order valence-corrected chi connectivity index (χ3v) is 4.85. The molecule has 4 fully saturated rings. The standard InChI is InChI=1S/C15H20O2/c1-9(2)14(16)17-15-7-11-4-12(8-15)6-13(5-11)10(15)3/h11-13H,1,3-8H2,2H3. The lowest BCUT2D eigenvalue weighted by molar-refractivity contribution is -0.166. The van der Waals surface area contributed by atoms with Crippen molar-refractivity contribution in [1.82, 2.24) is 0 Å². The van der Waals surface area contributed by atoms with E-state index in [1.54, 1.807) is 6.92 Å². The highest BCUT2D eigenvalue weighted by molar-refractivity contribution is 5.87. The van der Waals surface area contributed by atoms with Crippen molar-refractivity contribution < 1.29 is 9.53 Å². The second-order valence-corrected chi connectivity index (χ2v) is 6.23. The van der Waals surface area contributed by atoms with Gasteiger partial charge in [-0.1, -0.05) is 13.2 Å². The van der Waals surface area contributed by atoms with E-state index in [0.29, 0.717) is 11.5 Å². The molecule has 0 aromatic heterocycles. The molecular formula is C15H20O2. The van der Waals surface area contributed by atoms with Crippen molar-refractivity contribution >= 4 is 5.97 Å². The molecular weight excluding hydrogens is 212 g/mol. The lowest BCUT2D eigenvalue weighted by atomic mass is 9.52. The first-order chi connectivity index (χ1) is 8.00. The third-order valence-electron chi connectivity index (χ3n) is 4.85. The molecule has 2 heteroatoms. The lowest BCUT2D eigenvalue weighted by Gasteiger charge is -2.57. The number of rotatable bonds is 2. The highest BCUT2D eigenvalue weighted by Gasteiger charge is 2.55. The summed E-state index contributed by atoms with van der Waals surface area (Å²) in [5.41, 5.74) is 1.33. The summed E-state index contributed by atoms with van der Waals surface area (Å²) in [5, 5.41) is 0. The zero-order valence-electron chi connectivity index (χ0n) is 10.5. The van der Waals surface area contributed by atoms with Crippen molar-refractivity contribution in [3.05, 3.63) is 24.3 Å². The van der Waals surface area contributed by atoms with Gasteiger partial charge in [-0.05, 0) is 62.4 Å². The maximum atomic E-state index is 11.8. The van der Waals surface area contributed by atoms with Crippen molar-refractivity contribution in [1.29, 1.82) is 0 Å². The van der Waals surface area contributed by atoms with Crippen molar-refractivity contribution in [3.63, 3.8) is 0 Å². The highest BCUT2D eigenvalue weighted by Crippen LogP contribution is 2.59. The molecule has 0 amide bonds. The summed E-state index contributed by atoms with van der Waals surface area (Å²) in [6.45, 7) is 9.62. The molecule has 0 spiro atoms. The molecule has 2 nitrogen and oxygen atoms in total. The van der Waals surface area contributed by atoms with E-state index in [1.165, 1.54) is 24.8 Å². The van der Waals surface area contributed by atoms with Gasteiger partial charge in [0.25, 0.3) is 0 Å². The minimum absolute atomic E-state index is 0.242. The fraction of sp³-hybridized carbons (Fsp3) is 0.667. The first kappa shape index (κ1) is 11.1. The smallest absolute Gasteiger partial charge is 0.333 e. The van der Waals surface area contributed by atoms with E-state index in [-0.39, 0.29) is 11.6 Å². The van der Waals surface area contributed by atoms with Gasteiger partial charge in [-0.2, -0.15) is 0 Å². The maximum Gasteiger partial charge on any atom is 0.333 e. The molecule has 0 saturated heterocycles. The number of esters is 1. The topological polar surface area (TPSA) is 26.3 Å². The van der Waals surface area contributed by atoms with Crippen LogP contribution in [-0.2, 0) is 9.53 Å². The summed E-state index contributed by atoms with van der Waals surface area (Å²) in [5.74, 6) is 1.85. The predicted octanol–water partition coefficient (Wildman–Crippen LogP) is 3.24. The average Bonchev–Trinajstić information content (AvgIpc) is 2.24. The van der Waals surface area contributed by atoms with E-state index in [2.05, 4.69) is 13.2 Å². The van der Waals surface area contributed by atoms with E-state index in [9.17, 15) is 4.79 Å². The minimum Gasteiger partial charge on any atom is -0.451 e. The van der Waals surface area contributed by atoms with E-state index in [1.807, 2.05) is 0 Å². The Morgan fingerprint density at radius 3 is 2.41 bits per heavy atom. The molecule has 4 bridgehead atoms. The van der Waals surface area contributed by atoms with Gasteiger partial charge in [0.2, 0.25) is 0 Å². The zero-order chi connectivity index (χ0) is 12.2. The summed E-state index contributed by atoms with van der Waals surface area (Å²) in [7, 11) is 0. The third kappa shape index (κ3) is 1.57. The molecule has 4 aliphatic carbocycles. The van der Waals surface area contributed by atoms with Gasteiger partial charge in [-0.15, -0.1) is 0 Å². The summed E-state index contributed by atoms with van der Waals surface area (Å²) in [6.07, 6.45) is 5.86. The van der Waals surface area contributed by atoms with Crippen LogP contribution in [0, 0.1) is 17.8 Å². The van der Waals surface area contributed by atoms with Gasteiger partial charge in [0, 0.05) is 5.57 Å². The molecule has 2 unspecified atom stereocenters. The van der Waals surface area contributed by atoms with Crippen LogP contribution in [0.1, 0.15) is 39.0 Å². The zero-order valence-corrected chi connectivity index (χ0v) is 10.5. The Kier molecular flexibility index (Phi) is 2.26. The van der Waals surface area contributed by atoms with Gasteiger partial charge in [-0.3, -0.25) is 0 Å². The fourth-order valence-corrected chi connectivity index (χ4v) is 4.25. The van der Waals surface area contributed by atoms with Crippen LogP contribution in [0.25, 0.3) is 0 Å². The number of carbonyl (C=O) groups excluding carboxylic acids is 1. The second-order valence-electron chi connectivity index (χ2n) is 6.23. The predicted molar refractivity (Wildman–Crippen MR) is 66.3 cm³/mol. The molecule has 0 aliphatic heterocycles. The van der Waals surface area contributed by atoms with Crippen LogP contribution in [0.4, 0.5) is 0 Å². The van der Waals surface area contributed by atoms with Gasteiger partial charge < -0.3 is 4.74 Å². The first-order valence-electron chi connectivity index (χ1n) is 6.58. The number of carbonyl (C=O) groups is 1. The van der Waals surface area contributed by atoms with Gasteiger partial charge in [0.05, 0.1) is 0 Å². The van der Waals surface area contributed by atoms with Crippen LogP contribution < -0.4 is 0 Å². The lowest BCUT2D eigenvalue weighted by Crippen LogP contribution is -2.54. The molecule has 92 valence electrons. The van der Waals surface area contributed by atoms with Crippen LogP contribution in [0.2, 0.25) is 0 Å². The van der Waals surface area contributed by atoms with Crippen LogP contribution in [0.5, 0.6) is 0 Å². The van der Waals surface area contributed by atoms with Gasteiger partial charge in [0.1, 0.15) is 5.60 Å². The quantitative estimate of drug-likeness (QED) is 0.415. The molecule has 0 N–H and O–H groups in total. The average molecular weight is 232 g/mol. The summed E-state index contributed by atoms with van der Waals surface area (Å²) >= 11 is 0. The van der Waals surface area contributed by atoms with Crippen LogP contribution in [0.15, 0.2) is 24.3 Å². The van der Waals surface area contributed by atoms with Gasteiger partial charge in [-0.25, -0.2) is 4.79 Å². The minimum atomic E-state index is -0.342. The van der Waals surface area contributed by atoms with E-state index < -0.39 is 0 Å². The Balaban J connectivity index is 1.88. The second kappa shape index (κ2) is 3.47. The summed E-state index contributed by atoms with van der Waals surface area (Å²) in [6, 6.07) is 0. The number of hydrogen-bond acceptors (Lipinski definition) is 2. The normalized spacial score (nSPS) is 42.6. The fourth-order valence-electron chi connectivity index (χ4n) is 4.25. The molecule has 0 radical (unpaired) electrons. The Hall–Kier alpha value is -1.05. The SMILES string of the molecule is C=C(C)C(=O)OC12CC3CC(CC(C3)C1=C)C2. The Labute approximate surface area is 103 Å². The van der Waals surface area contributed by atoms with E-state index >= 15 is 0 Å².